The summed E-state index contributed by atoms with van der Waals surface area (Å²) in [4.78, 5) is 56.7. The molecule has 1 unspecified atom stereocenters. The third-order valence-electron chi connectivity index (χ3n) is 9.96. The molecule has 0 radical (unpaired) electrons. The van der Waals surface area contributed by atoms with E-state index < -0.39 is 42.4 Å². The molecular weight excluding hydrogens is 614 g/mol. The zero-order chi connectivity index (χ0) is 36.1. The maximum absolute atomic E-state index is 13.9. The van der Waals surface area contributed by atoms with Gasteiger partial charge in [-0.3, -0.25) is 19.2 Å². The van der Waals surface area contributed by atoms with E-state index in [0.29, 0.717) is 18.5 Å². The number of amides is 4. The lowest BCUT2D eigenvalue weighted by Crippen LogP contribution is -2.55. The van der Waals surface area contributed by atoms with Gasteiger partial charge in [0.05, 0.1) is 61.4 Å². The molecule has 0 saturated carbocycles. The van der Waals surface area contributed by atoms with E-state index in [2.05, 4.69) is 16.0 Å². The first-order valence-electron chi connectivity index (χ1n) is 17.3. The predicted octanol–water partition coefficient (Wildman–Crippen LogP) is 2.51. The van der Waals surface area contributed by atoms with Gasteiger partial charge in [0.1, 0.15) is 0 Å². The van der Waals surface area contributed by atoms with Crippen molar-refractivity contribution in [1.82, 2.24) is 25.8 Å². The van der Waals surface area contributed by atoms with Crippen molar-refractivity contribution in [2.45, 2.75) is 110 Å². The van der Waals surface area contributed by atoms with Crippen LogP contribution in [0.3, 0.4) is 0 Å². The van der Waals surface area contributed by atoms with Crippen LogP contribution in [0.4, 0.5) is 0 Å². The monoisotopic (exact) mass is 675 g/mol. The van der Waals surface area contributed by atoms with E-state index in [1.54, 1.807) is 52.0 Å². The third kappa shape index (κ3) is 10.7. The van der Waals surface area contributed by atoms with Crippen molar-refractivity contribution in [2.75, 3.05) is 41.4 Å². The van der Waals surface area contributed by atoms with Gasteiger partial charge in [0, 0.05) is 27.8 Å². The third-order valence-corrected chi connectivity index (χ3v) is 9.96. The number of aliphatic hydroxyl groups is 1. The molecular formula is C36H61N5O7. The minimum atomic E-state index is -0.871. The Hall–Kier alpha value is -3.06. The van der Waals surface area contributed by atoms with E-state index in [1.807, 2.05) is 58.0 Å². The van der Waals surface area contributed by atoms with Crippen LogP contribution in [0.25, 0.3) is 0 Å². The van der Waals surface area contributed by atoms with Gasteiger partial charge in [0.25, 0.3) is 0 Å². The number of nitrogens with zero attached hydrogens (tertiary/aromatic N) is 2. The molecule has 4 N–H and O–H groups in total. The fourth-order valence-electron chi connectivity index (χ4n) is 6.86. The Labute approximate surface area is 287 Å². The Morgan fingerprint density at radius 3 is 2.21 bits per heavy atom. The fraction of sp³-hybridized carbons (Fsp3) is 0.722. The van der Waals surface area contributed by atoms with Gasteiger partial charge in [-0.15, -0.1) is 0 Å². The van der Waals surface area contributed by atoms with Gasteiger partial charge >= 0.3 is 0 Å². The van der Waals surface area contributed by atoms with E-state index in [9.17, 15) is 24.3 Å². The Balaban J connectivity index is 2.14. The van der Waals surface area contributed by atoms with Crippen molar-refractivity contribution in [1.29, 1.82) is 0 Å². The average molecular weight is 676 g/mol. The van der Waals surface area contributed by atoms with E-state index in [-0.39, 0.29) is 54.5 Å². The van der Waals surface area contributed by atoms with Crippen LogP contribution in [0.15, 0.2) is 30.3 Å². The van der Waals surface area contributed by atoms with Crippen molar-refractivity contribution in [3.63, 3.8) is 0 Å². The van der Waals surface area contributed by atoms with Gasteiger partial charge < -0.3 is 40.3 Å². The van der Waals surface area contributed by atoms with Crippen LogP contribution in [-0.4, -0.2) is 116 Å². The predicted molar refractivity (Wildman–Crippen MR) is 186 cm³/mol. The van der Waals surface area contributed by atoms with Crippen LogP contribution in [-0.2, 0) is 28.7 Å². The fourth-order valence-corrected chi connectivity index (χ4v) is 6.86. The quantitative estimate of drug-likeness (QED) is 0.175. The van der Waals surface area contributed by atoms with Crippen LogP contribution in [0.2, 0.25) is 0 Å². The maximum Gasteiger partial charge on any atom is 0.242 e. The molecule has 12 nitrogen and oxygen atoms in total. The highest BCUT2D eigenvalue weighted by atomic mass is 16.5. The Bertz CT molecular complexity index is 1170. The smallest absolute Gasteiger partial charge is 0.242 e. The molecule has 4 amide bonds. The molecule has 1 aromatic rings. The first kappa shape index (κ1) is 41.1. The highest BCUT2D eigenvalue weighted by molar-refractivity contribution is 5.87. The molecule has 12 heteroatoms. The number of hydrogen-bond donors (Lipinski definition) is 4. The second-order valence-corrected chi connectivity index (χ2v) is 13.5. The summed E-state index contributed by atoms with van der Waals surface area (Å²) in [7, 11) is 6.50. The van der Waals surface area contributed by atoms with Crippen molar-refractivity contribution in [3.05, 3.63) is 35.9 Å². The molecule has 1 aliphatic rings. The minimum absolute atomic E-state index is 0.00571. The first-order valence-corrected chi connectivity index (χ1v) is 17.3. The van der Waals surface area contributed by atoms with Crippen LogP contribution in [0.5, 0.6) is 0 Å². The van der Waals surface area contributed by atoms with Crippen molar-refractivity contribution < 1.29 is 33.8 Å². The summed E-state index contributed by atoms with van der Waals surface area (Å²) in [5, 5.41) is 19.4. The summed E-state index contributed by atoms with van der Waals surface area (Å²) in [6.45, 7) is 11.8. The summed E-state index contributed by atoms with van der Waals surface area (Å²) in [6, 6.07) is 7.48. The lowest BCUT2D eigenvalue weighted by Gasteiger charge is -2.39. The normalized spacial score (nSPS) is 19.8. The second kappa shape index (κ2) is 19.8. The Kier molecular flexibility index (Phi) is 17.0. The van der Waals surface area contributed by atoms with E-state index in [4.69, 9.17) is 9.47 Å². The number of nitrogens with one attached hydrogen (secondary N) is 3. The minimum Gasteiger partial charge on any atom is -0.386 e. The first-order chi connectivity index (χ1) is 22.7. The lowest BCUT2D eigenvalue weighted by atomic mass is 9.90. The van der Waals surface area contributed by atoms with Gasteiger partial charge in [-0.25, -0.2) is 0 Å². The number of likely N-dealkylation sites (N-methyl/N-ethyl adjacent to an activating group) is 2. The molecule has 1 saturated heterocycles. The molecule has 0 spiro atoms. The average Bonchev–Trinajstić information content (AvgIpc) is 3.56. The molecule has 1 aromatic carbocycles. The Morgan fingerprint density at radius 2 is 1.67 bits per heavy atom. The van der Waals surface area contributed by atoms with Crippen molar-refractivity contribution >= 4 is 23.6 Å². The van der Waals surface area contributed by atoms with E-state index >= 15 is 0 Å². The van der Waals surface area contributed by atoms with Crippen molar-refractivity contribution in [2.24, 2.45) is 17.8 Å². The summed E-state index contributed by atoms with van der Waals surface area (Å²) in [5.74, 6) is -1.45. The molecule has 0 aliphatic carbocycles. The van der Waals surface area contributed by atoms with E-state index in [1.165, 1.54) is 0 Å². The SMILES string of the molecule is CC[C@H](C)C([C@@H](CC(=O)N1CCC[C@H]1[C@H](OC)[C@@H](C)C(=O)N[C@H](C)[C@@H](O)c1ccccc1)OC)N(C)C(=O)CNC(=O)[C@@H](NC)C(C)C. The largest absolute Gasteiger partial charge is 0.386 e. The molecule has 2 rings (SSSR count). The molecule has 0 bridgehead atoms. The topological polar surface area (TPSA) is 150 Å². The molecule has 1 aliphatic heterocycles. The summed E-state index contributed by atoms with van der Waals surface area (Å²) >= 11 is 0. The van der Waals surface area contributed by atoms with Crippen LogP contribution >= 0.6 is 0 Å². The van der Waals surface area contributed by atoms with Gasteiger partial charge in [0.15, 0.2) is 0 Å². The zero-order valence-electron chi connectivity index (χ0n) is 30.7. The van der Waals surface area contributed by atoms with Gasteiger partial charge in [0.2, 0.25) is 23.6 Å². The lowest BCUT2D eigenvalue weighted by molar-refractivity contribution is -0.146. The van der Waals surface area contributed by atoms with Crippen LogP contribution in [0.1, 0.15) is 78.9 Å². The molecule has 1 fully saturated rings. The highest BCUT2D eigenvalue weighted by Crippen LogP contribution is 2.29. The highest BCUT2D eigenvalue weighted by Gasteiger charge is 2.42. The number of carbonyl (C=O) groups is 4. The number of benzene rings is 1. The van der Waals surface area contributed by atoms with Crippen LogP contribution < -0.4 is 16.0 Å². The summed E-state index contributed by atoms with van der Waals surface area (Å²) in [5.41, 5.74) is 0.711. The van der Waals surface area contributed by atoms with Gasteiger partial charge in [-0.05, 0) is 44.2 Å². The van der Waals surface area contributed by atoms with Crippen LogP contribution in [0, 0.1) is 17.8 Å². The summed E-state index contributed by atoms with van der Waals surface area (Å²) in [6.07, 6.45) is 0.202. The standard InChI is InChI=1S/C36H61N5O7/c1-11-23(4)32(40(8)30(43)21-38-36(46)31(37-7)22(2)3)28(47-9)20-29(42)41-19-15-18-27(41)34(48-10)24(5)35(45)39-25(6)33(44)26-16-13-12-14-17-26/h12-14,16-17,22-25,27-28,31-34,37,44H,11,15,18-21H2,1-10H3,(H,38,46)(H,39,45)/t23-,24+,25+,27-,28+,31-,32?,33+,34+/m0/s1. The van der Waals surface area contributed by atoms with Gasteiger partial charge in [-0.1, -0.05) is 71.4 Å². The molecule has 9 atom stereocenters. The van der Waals surface area contributed by atoms with E-state index in [0.717, 1.165) is 12.8 Å². The maximum atomic E-state index is 13.9. The van der Waals surface area contributed by atoms with Gasteiger partial charge in [-0.2, -0.15) is 0 Å². The second-order valence-electron chi connectivity index (χ2n) is 13.5. The summed E-state index contributed by atoms with van der Waals surface area (Å²) < 4.78 is 11.8. The number of aliphatic hydroxyl groups excluding tert-OH is 1. The molecule has 272 valence electrons. The molecule has 0 aromatic heterocycles. The zero-order valence-corrected chi connectivity index (χ0v) is 30.7. The number of hydrogen-bond acceptors (Lipinski definition) is 8. The molecule has 1 heterocycles. The number of methoxy groups -OCH3 is 2. The number of carbonyl (C=O) groups excluding carboxylic acids is 4. The number of likely N-dealkylation sites (tertiary alicyclic amines) is 1. The number of ether oxygens (including phenoxy) is 2. The number of rotatable bonds is 19. The van der Waals surface area contributed by atoms with Crippen molar-refractivity contribution in [3.8, 4) is 0 Å². The molecule has 48 heavy (non-hydrogen) atoms. The Morgan fingerprint density at radius 1 is 1.02 bits per heavy atom.